The number of hydrogen-bond donors (Lipinski definition) is 0. The van der Waals surface area contributed by atoms with Crippen LogP contribution >= 0.6 is 11.3 Å². The Morgan fingerprint density at radius 3 is 2.45 bits per heavy atom. The molecule has 1 amide bonds. The van der Waals surface area contributed by atoms with Gasteiger partial charge in [0.15, 0.2) is 0 Å². The lowest BCUT2D eigenvalue weighted by atomic mass is 9.95. The van der Waals surface area contributed by atoms with Crippen molar-refractivity contribution in [2.75, 3.05) is 46.4 Å². The Balaban J connectivity index is 1.23. The fourth-order valence-electron chi connectivity index (χ4n) is 4.64. The Kier molecular flexibility index (Phi) is 7.58. The summed E-state index contributed by atoms with van der Waals surface area (Å²) in [6, 6.07) is 8.30. The molecule has 0 atom stereocenters. The summed E-state index contributed by atoms with van der Waals surface area (Å²) in [5.41, 5.74) is 2.46. The molecule has 7 heteroatoms. The van der Waals surface area contributed by atoms with Gasteiger partial charge in [0.1, 0.15) is 5.75 Å². The predicted octanol–water partition coefficient (Wildman–Crippen LogP) is 3.41. The molecule has 0 saturated carbocycles. The molecule has 1 aromatic heterocycles. The number of carbonyl (C=O) groups is 1. The Morgan fingerprint density at radius 1 is 1.03 bits per heavy atom. The fraction of sp³-hybridized carbons (Fsp3) is 0.583. The highest BCUT2D eigenvalue weighted by Gasteiger charge is 2.29. The molecule has 0 N–H and O–H groups in total. The zero-order valence-electron chi connectivity index (χ0n) is 18.8. The molecule has 2 fully saturated rings. The predicted molar refractivity (Wildman–Crippen MR) is 124 cm³/mol. The normalized spacial score (nSPS) is 19.4. The summed E-state index contributed by atoms with van der Waals surface area (Å²) in [5, 5.41) is 3.28. The van der Waals surface area contributed by atoms with E-state index >= 15 is 0 Å². The van der Waals surface area contributed by atoms with Crippen molar-refractivity contribution < 1.29 is 9.53 Å². The third-order valence-electron chi connectivity index (χ3n) is 6.45. The second-order valence-corrected chi connectivity index (χ2v) is 9.77. The first-order chi connectivity index (χ1) is 15.1. The van der Waals surface area contributed by atoms with Crippen molar-refractivity contribution in [2.45, 2.75) is 39.3 Å². The Hall–Kier alpha value is -1.96. The highest BCUT2D eigenvalue weighted by molar-refractivity contribution is 7.09. The zero-order valence-corrected chi connectivity index (χ0v) is 19.6. The number of amides is 1. The average molecular weight is 443 g/mol. The van der Waals surface area contributed by atoms with Crippen LogP contribution in [0.4, 0.5) is 0 Å². The van der Waals surface area contributed by atoms with E-state index in [0.29, 0.717) is 5.91 Å². The molecule has 2 aromatic rings. The van der Waals surface area contributed by atoms with Crippen LogP contribution in [0.2, 0.25) is 0 Å². The number of likely N-dealkylation sites (tertiary alicyclic amines) is 1. The van der Waals surface area contributed by atoms with E-state index in [1.54, 1.807) is 18.4 Å². The average Bonchev–Trinajstić information content (AvgIpc) is 3.06. The number of hydrogen-bond acceptors (Lipinski definition) is 6. The molecular weight excluding hydrogens is 408 g/mol. The van der Waals surface area contributed by atoms with E-state index in [4.69, 9.17) is 4.74 Å². The van der Waals surface area contributed by atoms with Gasteiger partial charge in [-0.1, -0.05) is 12.1 Å². The van der Waals surface area contributed by atoms with Gasteiger partial charge >= 0.3 is 0 Å². The van der Waals surface area contributed by atoms with Crippen molar-refractivity contribution in [1.29, 1.82) is 0 Å². The largest absolute Gasteiger partial charge is 0.497 e. The van der Waals surface area contributed by atoms with E-state index in [1.807, 2.05) is 12.1 Å². The first-order valence-corrected chi connectivity index (χ1v) is 12.3. The number of benzene rings is 1. The summed E-state index contributed by atoms with van der Waals surface area (Å²) in [4.78, 5) is 24.8. The molecular formula is C24H34N4O2S. The number of ether oxygens (including phenoxy) is 1. The highest BCUT2D eigenvalue weighted by Crippen LogP contribution is 2.23. The van der Waals surface area contributed by atoms with Crippen LogP contribution in [0.1, 0.15) is 35.5 Å². The minimum Gasteiger partial charge on any atom is -0.497 e. The summed E-state index contributed by atoms with van der Waals surface area (Å²) < 4.78 is 5.25. The Morgan fingerprint density at radius 2 is 1.77 bits per heavy atom. The SMILES string of the molecule is COc1ccc(CN2CCCN(C(=O)C3CCN(Cc4csc(C)n4)CC3)CC2)cc1. The monoisotopic (exact) mass is 442 g/mol. The Bertz CT molecular complexity index is 846. The van der Waals surface area contributed by atoms with Gasteiger partial charge in [0.2, 0.25) is 5.91 Å². The van der Waals surface area contributed by atoms with Crippen molar-refractivity contribution in [3.8, 4) is 5.75 Å². The van der Waals surface area contributed by atoms with Crippen LogP contribution in [0, 0.1) is 12.8 Å². The molecule has 0 bridgehead atoms. The molecule has 168 valence electrons. The van der Waals surface area contributed by atoms with Crippen LogP contribution < -0.4 is 4.74 Å². The smallest absolute Gasteiger partial charge is 0.225 e. The lowest BCUT2D eigenvalue weighted by Gasteiger charge is -2.33. The topological polar surface area (TPSA) is 48.9 Å². The van der Waals surface area contributed by atoms with Gasteiger partial charge < -0.3 is 9.64 Å². The van der Waals surface area contributed by atoms with Crippen LogP contribution in [-0.4, -0.2) is 72.0 Å². The number of carbonyl (C=O) groups excluding carboxylic acids is 1. The van der Waals surface area contributed by atoms with Crippen LogP contribution in [0.3, 0.4) is 0 Å². The van der Waals surface area contributed by atoms with Crippen molar-refractivity contribution >= 4 is 17.2 Å². The van der Waals surface area contributed by atoms with Gasteiger partial charge in [0.25, 0.3) is 0 Å². The minimum absolute atomic E-state index is 0.182. The van der Waals surface area contributed by atoms with E-state index in [-0.39, 0.29) is 5.92 Å². The molecule has 0 spiro atoms. The van der Waals surface area contributed by atoms with Gasteiger partial charge in [0, 0.05) is 50.6 Å². The van der Waals surface area contributed by atoms with Crippen LogP contribution in [0.15, 0.2) is 29.6 Å². The van der Waals surface area contributed by atoms with Crippen molar-refractivity contribution in [2.24, 2.45) is 5.92 Å². The lowest BCUT2D eigenvalue weighted by molar-refractivity contribution is -0.137. The van der Waals surface area contributed by atoms with Crippen LogP contribution in [0.25, 0.3) is 0 Å². The summed E-state index contributed by atoms with van der Waals surface area (Å²) >= 11 is 1.71. The molecule has 2 aliphatic heterocycles. The van der Waals surface area contributed by atoms with E-state index in [2.05, 4.69) is 44.1 Å². The molecule has 0 radical (unpaired) electrons. The molecule has 4 rings (SSSR count). The molecule has 1 aromatic carbocycles. The van der Waals surface area contributed by atoms with E-state index in [9.17, 15) is 4.79 Å². The van der Waals surface area contributed by atoms with Crippen LogP contribution in [-0.2, 0) is 17.9 Å². The zero-order chi connectivity index (χ0) is 21.6. The van der Waals surface area contributed by atoms with Gasteiger partial charge in [0.05, 0.1) is 17.8 Å². The van der Waals surface area contributed by atoms with Crippen LogP contribution in [0.5, 0.6) is 5.75 Å². The second-order valence-electron chi connectivity index (χ2n) is 8.71. The minimum atomic E-state index is 0.182. The summed E-state index contributed by atoms with van der Waals surface area (Å²) in [6.45, 7) is 9.59. The molecule has 6 nitrogen and oxygen atoms in total. The van der Waals surface area contributed by atoms with Crippen molar-refractivity contribution in [3.63, 3.8) is 0 Å². The van der Waals surface area contributed by atoms with E-state index in [0.717, 1.165) is 88.1 Å². The maximum atomic E-state index is 13.2. The number of nitrogens with zero attached hydrogens (tertiary/aromatic N) is 4. The first-order valence-electron chi connectivity index (χ1n) is 11.4. The van der Waals surface area contributed by atoms with Gasteiger partial charge in [-0.05, 0) is 57.0 Å². The Labute approximate surface area is 189 Å². The number of thiazole rings is 1. The standard InChI is InChI=1S/C24H34N4O2S/c1-19-25-22(18-31-19)17-27-12-8-21(9-13-27)24(29)28-11-3-10-26(14-15-28)16-20-4-6-23(30-2)7-5-20/h4-7,18,21H,3,8-17H2,1-2H3. The number of methoxy groups -OCH3 is 1. The summed E-state index contributed by atoms with van der Waals surface area (Å²) in [7, 11) is 1.70. The van der Waals surface area contributed by atoms with E-state index in [1.165, 1.54) is 5.56 Å². The van der Waals surface area contributed by atoms with Gasteiger partial charge in [-0.2, -0.15) is 0 Å². The third-order valence-corrected chi connectivity index (χ3v) is 7.28. The third kappa shape index (κ3) is 6.05. The molecule has 2 aliphatic rings. The molecule has 2 saturated heterocycles. The van der Waals surface area contributed by atoms with Crippen molar-refractivity contribution in [1.82, 2.24) is 19.7 Å². The number of aromatic nitrogens is 1. The number of piperidine rings is 1. The highest BCUT2D eigenvalue weighted by atomic mass is 32.1. The molecule has 3 heterocycles. The lowest BCUT2D eigenvalue weighted by Crippen LogP contribution is -2.43. The summed E-state index contributed by atoms with van der Waals surface area (Å²) in [5.74, 6) is 1.45. The maximum absolute atomic E-state index is 13.2. The first kappa shape index (κ1) is 22.2. The fourth-order valence-corrected chi connectivity index (χ4v) is 5.25. The number of rotatable bonds is 6. The molecule has 0 unspecified atom stereocenters. The molecule has 0 aliphatic carbocycles. The van der Waals surface area contributed by atoms with Crippen molar-refractivity contribution in [3.05, 3.63) is 45.9 Å². The maximum Gasteiger partial charge on any atom is 0.225 e. The molecule has 31 heavy (non-hydrogen) atoms. The van der Waals surface area contributed by atoms with E-state index < -0.39 is 0 Å². The van der Waals surface area contributed by atoms with Gasteiger partial charge in [-0.15, -0.1) is 11.3 Å². The second kappa shape index (κ2) is 10.6. The number of aryl methyl sites for hydroxylation is 1. The van der Waals surface area contributed by atoms with Gasteiger partial charge in [-0.25, -0.2) is 4.98 Å². The van der Waals surface area contributed by atoms with Gasteiger partial charge in [-0.3, -0.25) is 14.6 Å². The quantitative estimate of drug-likeness (QED) is 0.686. The summed E-state index contributed by atoms with van der Waals surface area (Å²) in [6.07, 6.45) is 2.98.